The molecule has 0 aromatic carbocycles. The number of methoxy groups -OCH3 is 1. The molecule has 106 valence electrons. The number of hydrogen-bond donors (Lipinski definition) is 1. The van der Waals surface area contributed by atoms with E-state index in [4.69, 9.17) is 10.5 Å². The molecule has 3 heteroatoms. The van der Waals surface area contributed by atoms with E-state index in [-0.39, 0.29) is 5.54 Å². The van der Waals surface area contributed by atoms with E-state index in [1.807, 2.05) is 7.11 Å². The number of nitrogens with two attached hydrogens (primary N) is 1. The van der Waals surface area contributed by atoms with Crippen molar-refractivity contribution in [1.29, 1.82) is 0 Å². The molecule has 1 atom stereocenters. The smallest absolute Gasteiger partial charge is 0.0491 e. The highest BCUT2D eigenvalue weighted by Crippen LogP contribution is 2.49. The SMILES string of the molecule is COCC1CCN(C2(CN)CCCC2(C)C)CC1. The molecule has 0 amide bonds. The van der Waals surface area contributed by atoms with Gasteiger partial charge in [-0.15, -0.1) is 0 Å². The second-order valence-corrected chi connectivity index (χ2v) is 6.86. The molecule has 2 aliphatic rings. The Morgan fingerprint density at radius 1 is 1.22 bits per heavy atom. The molecule has 0 aromatic heterocycles. The van der Waals surface area contributed by atoms with Crippen molar-refractivity contribution >= 4 is 0 Å². The molecule has 1 saturated heterocycles. The van der Waals surface area contributed by atoms with Crippen LogP contribution in [0.1, 0.15) is 46.0 Å². The van der Waals surface area contributed by atoms with Crippen LogP contribution in [0.3, 0.4) is 0 Å². The number of rotatable bonds is 4. The third-order valence-electron chi connectivity index (χ3n) is 5.61. The van der Waals surface area contributed by atoms with Crippen LogP contribution in [0.5, 0.6) is 0 Å². The second-order valence-electron chi connectivity index (χ2n) is 6.86. The lowest BCUT2D eigenvalue weighted by atomic mass is 9.72. The first-order valence-corrected chi connectivity index (χ1v) is 7.50. The highest BCUT2D eigenvalue weighted by atomic mass is 16.5. The first-order valence-electron chi connectivity index (χ1n) is 7.50. The van der Waals surface area contributed by atoms with Crippen LogP contribution in [0.15, 0.2) is 0 Å². The Balaban J connectivity index is 2.03. The van der Waals surface area contributed by atoms with E-state index < -0.39 is 0 Å². The maximum Gasteiger partial charge on any atom is 0.0491 e. The molecule has 0 bridgehead atoms. The maximum absolute atomic E-state index is 6.20. The van der Waals surface area contributed by atoms with Gasteiger partial charge in [0.2, 0.25) is 0 Å². The van der Waals surface area contributed by atoms with E-state index in [2.05, 4.69) is 18.7 Å². The van der Waals surface area contributed by atoms with Crippen molar-refractivity contribution in [3.8, 4) is 0 Å². The molecule has 1 heterocycles. The predicted octanol–water partition coefficient (Wildman–Crippen LogP) is 2.25. The van der Waals surface area contributed by atoms with Gasteiger partial charge in [-0.05, 0) is 50.1 Å². The summed E-state index contributed by atoms with van der Waals surface area (Å²) in [7, 11) is 1.81. The fourth-order valence-corrected chi connectivity index (χ4v) is 4.25. The molecule has 3 nitrogen and oxygen atoms in total. The fourth-order valence-electron chi connectivity index (χ4n) is 4.25. The van der Waals surface area contributed by atoms with Crippen LogP contribution in [0.2, 0.25) is 0 Å². The average Bonchev–Trinajstić information content (AvgIpc) is 2.66. The summed E-state index contributed by atoms with van der Waals surface area (Å²) in [5.74, 6) is 0.755. The van der Waals surface area contributed by atoms with Crippen LogP contribution >= 0.6 is 0 Å². The predicted molar refractivity (Wildman–Crippen MR) is 75.6 cm³/mol. The molecular formula is C15H30N2O. The summed E-state index contributed by atoms with van der Waals surface area (Å²) < 4.78 is 5.29. The lowest BCUT2D eigenvalue weighted by molar-refractivity contribution is -0.0189. The van der Waals surface area contributed by atoms with Crippen molar-refractivity contribution < 1.29 is 4.74 Å². The van der Waals surface area contributed by atoms with Crippen molar-refractivity contribution in [2.24, 2.45) is 17.1 Å². The van der Waals surface area contributed by atoms with E-state index in [1.54, 1.807) is 0 Å². The Kier molecular flexibility index (Phi) is 4.35. The Hall–Kier alpha value is -0.120. The standard InChI is InChI=1S/C15H30N2O/c1-14(2)7-4-8-15(14,12-16)17-9-5-13(6-10-17)11-18-3/h13H,4-12,16H2,1-3H3. The lowest BCUT2D eigenvalue weighted by Gasteiger charge is -2.51. The zero-order valence-electron chi connectivity index (χ0n) is 12.4. The van der Waals surface area contributed by atoms with Crippen molar-refractivity contribution in [3.05, 3.63) is 0 Å². The Bertz CT molecular complexity index is 272. The minimum Gasteiger partial charge on any atom is -0.384 e. The van der Waals surface area contributed by atoms with Crippen molar-refractivity contribution in [1.82, 2.24) is 4.90 Å². The normalized spacial score (nSPS) is 34.0. The fraction of sp³-hybridized carbons (Fsp3) is 1.00. The molecule has 0 radical (unpaired) electrons. The van der Waals surface area contributed by atoms with E-state index in [0.717, 1.165) is 19.1 Å². The van der Waals surface area contributed by atoms with E-state index in [9.17, 15) is 0 Å². The van der Waals surface area contributed by atoms with E-state index in [1.165, 1.54) is 45.2 Å². The summed E-state index contributed by atoms with van der Waals surface area (Å²) in [5, 5.41) is 0. The van der Waals surface area contributed by atoms with Gasteiger partial charge in [-0.1, -0.05) is 20.3 Å². The monoisotopic (exact) mass is 254 g/mol. The summed E-state index contributed by atoms with van der Waals surface area (Å²) in [6.07, 6.45) is 6.48. The number of ether oxygens (including phenoxy) is 1. The van der Waals surface area contributed by atoms with E-state index >= 15 is 0 Å². The zero-order valence-corrected chi connectivity index (χ0v) is 12.4. The van der Waals surface area contributed by atoms with Crippen LogP contribution < -0.4 is 5.73 Å². The van der Waals surface area contributed by atoms with Gasteiger partial charge >= 0.3 is 0 Å². The second kappa shape index (κ2) is 5.48. The van der Waals surface area contributed by atoms with Gasteiger partial charge in [-0.2, -0.15) is 0 Å². The summed E-state index contributed by atoms with van der Waals surface area (Å²) in [6, 6.07) is 0. The number of likely N-dealkylation sites (tertiary alicyclic amines) is 1. The van der Waals surface area contributed by atoms with Gasteiger partial charge in [0.1, 0.15) is 0 Å². The molecule has 1 unspecified atom stereocenters. The largest absolute Gasteiger partial charge is 0.384 e. The zero-order chi connectivity index (χ0) is 13.2. The summed E-state index contributed by atoms with van der Waals surface area (Å²) in [4.78, 5) is 2.70. The third-order valence-corrected chi connectivity index (χ3v) is 5.61. The number of hydrogen-bond acceptors (Lipinski definition) is 3. The topological polar surface area (TPSA) is 38.5 Å². The summed E-state index contributed by atoms with van der Waals surface area (Å²) in [6.45, 7) is 8.97. The van der Waals surface area contributed by atoms with Crippen LogP contribution in [0, 0.1) is 11.3 Å². The van der Waals surface area contributed by atoms with Gasteiger partial charge < -0.3 is 10.5 Å². The van der Waals surface area contributed by atoms with Crippen LogP contribution in [0.4, 0.5) is 0 Å². The van der Waals surface area contributed by atoms with Gasteiger partial charge in [0.05, 0.1) is 0 Å². The molecule has 1 aliphatic carbocycles. The molecular weight excluding hydrogens is 224 g/mol. The summed E-state index contributed by atoms with van der Waals surface area (Å²) in [5.41, 5.74) is 6.83. The molecule has 0 aromatic rings. The van der Waals surface area contributed by atoms with E-state index in [0.29, 0.717) is 5.41 Å². The Morgan fingerprint density at radius 2 is 1.89 bits per heavy atom. The number of piperidine rings is 1. The minimum atomic E-state index is 0.255. The van der Waals surface area contributed by atoms with Crippen LogP contribution in [-0.2, 0) is 4.74 Å². The molecule has 2 N–H and O–H groups in total. The molecule has 1 aliphatic heterocycles. The molecule has 0 spiro atoms. The highest BCUT2D eigenvalue weighted by Gasteiger charge is 2.51. The molecule has 18 heavy (non-hydrogen) atoms. The molecule has 2 fully saturated rings. The van der Waals surface area contributed by atoms with Crippen molar-refractivity contribution in [2.45, 2.75) is 51.5 Å². The van der Waals surface area contributed by atoms with Gasteiger partial charge in [0, 0.05) is 25.8 Å². The summed E-state index contributed by atoms with van der Waals surface area (Å²) >= 11 is 0. The first kappa shape index (κ1) is 14.3. The average molecular weight is 254 g/mol. The van der Waals surface area contributed by atoms with Crippen molar-refractivity contribution in [3.63, 3.8) is 0 Å². The number of nitrogens with zero attached hydrogens (tertiary/aromatic N) is 1. The van der Waals surface area contributed by atoms with Gasteiger partial charge in [0.15, 0.2) is 0 Å². The van der Waals surface area contributed by atoms with Gasteiger partial charge in [0.25, 0.3) is 0 Å². The van der Waals surface area contributed by atoms with Crippen LogP contribution in [0.25, 0.3) is 0 Å². The third kappa shape index (κ3) is 2.33. The minimum absolute atomic E-state index is 0.255. The molecule has 1 saturated carbocycles. The first-order chi connectivity index (χ1) is 8.55. The molecule has 2 rings (SSSR count). The van der Waals surface area contributed by atoms with Crippen LogP contribution in [-0.4, -0.2) is 43.8 Å². The Morgan fingerprint density at radius 3 is 2.33 bits per heavy atom. The lowest BCUT2D eigenvalue weighted by Crippen LogP contribution is -2.61. The van der Waals surface area contributed by atoms with Crippen molar-refractivity contribution in [2.75, 3.05) is 33.4 Å². The maximum atomic E-state index is 6.20. The Labute approximate surface area is 112 Å². The van der Waals surface area contributed by atoms with Gasteiger partial charge in [-0.3, -0.25) is 4.90 Å². The highest BCUT2D eigenvalue weighted by molar-refractivity contribution is 5.07. The van der Waals surface area contributed by atoms with Gasteiger partial charge in [-0.25, -0.2) is 0 Å². The quantitative estimate of drug-likeness (QED) is 0.836.